The van der Waals surface area contributed by atoms with Gasteiger partial charge in [-0.05, 0) is 42.0 Å². The van der Waals surface area contributed by atoms with E-state index in [-0.39, 0.29) is 11.4 Å². The molecule has 0 unspecified atom stereocenters. The van der Waals surface area contributed by atoms with Crippen LogP contribution >= 0.6 is 0 Å². The van der Waals surface area contributed by atoms with Gasteiger partial charge in [-0.15, -0.1) is 0 Å². The summed E-state index contributed by atoms with van der Waals surface area (Å²) < 4.78 is 5.41. The van der Waals surface area contributed by atoms with E-state index in [1.165, 1.54) is 0 Å². The topological polar surface area (TPSA) is 79.4 Å². The molecule has 0 aliphatic heterocycles. The van der Waals surface area contributed by atoms with Gasteiger partial charge in [-0.2, -0.15) is 5.10 Å². The standard InChI is InChI=1S/C18H16N4O2/c1-2-11-24-14-9-7-13(8-10-14)12-19-22-17-18(23)21-16-6-4-3-5-15(16)20-17/h2-10,12H,1,11H2,(H,20,22)(H,21,23)/b19-12+. The highest BCUT2D eigenvalue weighted by Crippen LogP contribution is 2.11. The number of hydrogen-bond acceptors (Lipinski definition) is 5. The number of para-hydroxylation sites is 2. The lowest BCUT2D eigenvalue weighted by Gasteiger charge is -2.03. The number of aromatic nitrogens is 2. The number of nitrogens with one attached hydrogen (secondary N) is 2. The molecule has 2 N–H and O–H groups in total. The summed E-state index contributed by atoms with van der Waals surface area (Å²) in [5.74, 6) is 0.906. The number of anilines is 1. The molecular weight excluding hydrogens is 304 g/mol. The molecule has 1 heterocycles. The predicted molar refractivity (Wildman–Crippen MR) is 95.7 cm³/mol. The Balaban J connectivity index is 1.71. The number of rotatable bonds is 6. The minimum Gasteiger partial charge on any atom is -0.490 e. The van der Waals surface area contributed by atoms with E-state index in [0.717, 1.165) is 11.3 Å². The molecule has 0 saturated carbocycles. The smallest absolute Gasteiger partial charge is 0.293 e. The molecule has 3 aromatic rings. The van der Waals surface area contributed by atoms with Gasteiger partial charge in [0.2, 0.25) is 5.82 Å². The Bertz CT molecular complexity index is 930. The highest BCUT2D eigenvalue weighted by atomic mass is 16.5. The van der Waals surface area contributed by atoms with Crippen LogP contribution in [-0.2, 0) is 0 Å². The van der Waals surface area contributed by atoms with E-state index in [0.29, 0.717) is 17.6 Å². The average molecular weight is 320 g/mol. The molecule has 1 aromatic heterocycles. The number of hydrazone groups is 1. The zero-order valence-corrected chi connectivity index (χ0v) is 12.9. The summed E-state index contributed by atoms with van der Waals surface area (Å²) in [6.07, 6.45) is 3.29. The number of hydrogen-bond donors (Lipinski definition) is 2. The summed E-state index contributed by atoms with van der Waals surface area (Å²) >= 11 is 0. The van der Waals surface area contributed by atoms with Crippen LogP contribution in [0.2, 0.25) is 0 Å². The molecule has 6 heteroatoms. The SMILES string of the molecule is C=CCOc1ccc(/C=N/Nc2nc3ccccc3[nH]c2=O)cc1. The Kier molecular flexibility index (Phi) is 4.67. The molecule has 0 atom stereocenters. The van der Waals surface area contributed by atoms with Crippen molar-refractivity contribution in [3.8, 4) is 5.75 Å². The maximum absolute atomic E-state index is 11.9. The van der Waals surface area contributed by atoms with Crippen molar-refractivity contribution in [2.45, 2.75) is 0 Å². The van der Waals surface area contributed by atoms with Crippen LogP contribution in [-0.4, -0.2) is 22.8 Å². The minimum atomic E-state index is -0.320. The quantitative estimate of drug-likeness (QED) is 0.416. The Morgan fingerprint density at radius 1 is 1.21 bits per heavy atom. The first-order chi connectivity index (χ1) is 11.8. The first-order valence-corrected chi connectivity index (χ1v) is 7.38. The van der Waals surface area contributed by atoms with Gasteiger partial charge in [0.05, 0.1) is 17.2 Å². The van der Waals surface area contributed by atoms with Crippen LogP contribution in [0.5, 0.6) is 5.75 Å². The summed E-state index contributed by atoms with van der Waals surface area (Å²) in [7, 11) is 0. The van der Waals surface area contributed by atoms with Gasteiger partial charge in [0.1, 0.15) is 12.4 Å². The van der Waals surface area contributed by atoms with Crippen molar-refractivity contribution in [1.29, 1.82) is 0 Å². The summed E-state index contributed by atoms with van der Waals surface area (Å²) in [6, 6.07) is 14.7. The minimum absolute atomic E-state index is 0.149. The Morgan fingerprint density at radius 2 is 2.00 bits per heavy atom. The second kappa shape index (κ2) is 7.23. The zero-order chi connectivity index (χ0) is 16.8. The third-order valence-electron chi connectivity index (χ3n) is 3.23. The monoisotopic (exact) mass is 320 g/mol. The molecule has 0 bridgehead atoms. The maximum atomic E-state index is 11.9. The Hall–Kier alpha value is -3.41. The van der Waals surface area contributed by atoms with Crippen LogP contribution in [0.3, 0.4) is 0 Å². The fraction of sp³-hybridized carbons (Fsp3) is 0.0556. The van der Waals surface area contributed by atoms with Crippen molar-refractivity contribution in [2.24, 2.45) is 5.10 Å². The van der Waals surface area contributed by atoms with E-state index in [9.17, 15) is 4.79 Å². The van der Waals surface area contributed by atoms with Crippen LogP contribution in [0.1, 0.15) is 5.56 Å². The molecule has 3 rings (SSSR count). The number of H-pyrrole nitrogens is 1. The molecule has 24 heavy (non-hydrogen) atoms. The second-order valence-electron chi connectivity index (χ2n) is 4.97. The molecule has 0 aliphatic rings. The highest BCUT2D eigenvalue weighted by Gasteiger charge is 2.02. The molecule has 120 valence electrons. The van der Waals surface area contributed by atoms with E-state index in [4.69, 9.17) is 4.74 Å². The highest BCUT2D eigenvalue weighted by molar-refractivity contribution is 5.80. The van der Waals surface area contributed by atoms with Crippen LogP contribution in [0.15, 0.2) is 71.1 Å². The third-order valence-corrected chi connectivity index (χ3v) is 3.23. The van der Waals surface area contributed by atoms with Gasteiger partial charge in [0.15, 0.2) is 0 Å². The summed E-state index contributed by atoms with van der Waals surface area (Å²) in [4.78, 5) is 19.0. The maximum Gasteiger partial charge on any atom is 0.293 e. The lowest BCUT2D eigenvalue weighted by molar-refractivity contribution is 0.363. The normalized spacial score (nSPS) is 10.8. The molecule has 0 spiro atoms. The van der Waals surface area contributed by atoms with Crippen LogP contribution in [0.25, 0.3) is 11.0 Å². The molecule has 2 aromatic carbocycles. The van der Waals surface area contributed by atoms with Gasteiger partial charge in [0.25, 0.3) is 5.56 Å². The van der Waals surface area contributed by atoms with E-state index in [1.807, 2.05) is 42.5 Å². The molecule has 0 amide bonds. The summed E-state index contributed by atoms with van der Waals surface area (Å²) in [6.45, 7) is 4.06. The molecule has 0 fully saturated rings. The third kappa shape index (κ3) is 3.67. The molecule has 0 aliphatic carbocycles. The molecule has 0 saturated heterocycles. The van der Waals surface area contributed by atoms with Crippen LogP contribution in [0, 0.1) is 0 Å². The number of benzene rings is 2. The van der Waals surface area contributed by atoms with Crippen LogP contribution < -0.4 is 15.7 Å². The number of aromatic amines is 1. The van der Waals surface area contributed by atoms with E-state index >= 15 is 0 Å². The van der Waals surface area contributed by atoms with E-state index in [1.54, 1.807) is 18.4 Å². The Morgan fingerprint density at radius 3 is 2.79 bits per heavy atom. The van der Waals surface area contributed by atoms with Gasteiger partial charge < -0.3 is 9.72 Å². The van der Waals surface area contributed by atoms with Gasteiger partial charge in [0, 0.05) is 0 Å². The van der Waals surface area contributed by atoms with E-state index < -0.39 is 0 Å². The average Bonchev–Trinajstić information content (AvgIpc) is 2.61. The van der Waals surface area contributed by atoms with Crippen molar-refractivity contribution in [1.82, 2.24) is 9.97 Å². The van der Waals surface area contributed by atoms with Crippen molar-refractivity contribution in [3.05, 3.63) is 77.1 Å². The fourth-order valence-electron chi connectivity index (χ4n) is 2.08. The van der Waals surface area contributed by atoms with Crippen molar-refractivity contribution >= 4 is 23.1 Å². The van der Waals surface area contributed by atoms with Crippen molar-refractivity contribution in [2.75, 3.05) is 12.0 Å². The largest absolute Gasteiger partial charge is 0.490 e. The van der Waals surface area contributed by atoms with Crippen molar-refractivity contribution in [3.63, 3.8) is 0 Å². The van der Waals surface area contributed by atoms with Gasteiger partial charge >= 0.3 is 0 Å². The van der Waals surface area contributed by atoms with Gasteiger partial charge in [-0.1, -0.05) is 24.8 Å². The second-order valence-corrected chi connectivity index (χ2v) is 4.97. The van der Waals surface area contributed by atoms with Crippen molar-refractivity contribution < 1.29 is 4.74 Å². The lowest BCUT2D eigenvalue weighted by atomic mass is 10.2. The van der Waals surface area contributed by atoms with E-state index in [2.05, 4.69) is 27.1 Å². The number of ether oxygens (including phenoxy) is 1. The summed E-state index contributed by atoms with van der Waals surface area (Å²) in [5.41, 5.74) is 4.60. The Labute approximate surface area is 138 Å². The summed E-state index contributed by atoms with van der Waals surface area (Å²) in [5, 5.41) is 4.06. The predicted octanol–water partition coefficient (Wildman–Crippen LogP) is 2.93. The first-order valence-electron chi connectivity index (χ1n) is 7.38. The number of fused-ring (bicyclic) bond motifs is 1. The van der Waals surface area contributed by atoms with Gasteiger partial charge in [-0.3, -0.25) is 10.2 Å². The number of nitrogens with zero attached hydrogens (tertiary/aromatic N) is 2. The van der Waals surface area contributed by atoms with Gasteiger partial charge in [-0.25, -0.2) is 4.98 Å². The van der Waals surface area contributed by atoms with Crippen LogP contribution in [0.4, 0.5) is 5.82 Å². The molecule has 6 nitrogen and oxygen atoms in total. The zero-order valence-electron chi connectivity index (χ0n) is 12.9. The lowest BCUT2D eigenvalue weighted by Crippen LogP contribution is -2.13. The molecule has 0 radical (unpaired) electrons. The fourth-order valence-corrected chi connectivity index (χ4v) is 2.08. The first kappa shape index (κ1) is 15.5. The molecular formula is C18H16N4O2.